The standard InChI is InChI=1S/C22H19N5/c1-14-11-13-24-18-7-5-15(25-21(14)18)6-10-20-26-22-16-4-3-12-23-17(16)8-9-19(22)27(20)2/h3-5,7-9,11-13H,6,10H2,1-2H3. The van der Waals surface area contributed by atoms with Gasteiger partial charge in [-0.2, -0.15) is 0 Å². The van der Waals surface area contributed by atoms with E-state index in [-0.39, 0.29) is 0 Å². The fraction of sp³-hybridized carbons (Fsp3) is 0.182. The van der Waals surface area contributed by atoms with Gasteiger partial charge < -0.3 is 4.57 Å². The van der Waals surface area contributed by atoms with Gasteiger partial charge in [-0.15, -0.1) is 0 Å². The summed E-state index contributed by atoms with van der Waals surface area (Å²) in [5, 5.41) is 1.10. The average Bonchev–Trinajstić information content (AvgIpc) is 3.03. The SMILES string of the molecule is Cc1ccnc2ccc(CCc3nc4c5cccnc5ccc4n3C)nc12. The van der Waals surface area contributed by atoms with Gasteiger partial charge in [0.1, 0.15) is 5.82 Å². The molecule has 0 amide bonds. The Morgan fingerprint density at radius 3 is 2.59 bits per heavy atom. The van der Waals surface area contributed by atoms with Crippen molar-refractivity contribution in [2.45, 2.75) is 19.8 Å². The number of hydrogen-bond donors (Lipinski definition) is 0. The number of nitrogens with zero attached hydrogens (tertiary/aromatic N) is 5. The molecule has 5 aromatic rings. The molecule has 0 aliphatic rings. The zero-order chi connectivity index (χ0) is 18.4. The maximum atomic E-state index is 4.92. The summed E-state index contributed by atoms with van der Waals surface area (Å²) in [5.41, 5.74) is 7.29. The maximum Gasteiger partial charge on any atom is 0.110 e. The zero-order valence-corrected chi connectivity index (χ0v) is 15.3. The second-order valence-corrected chi connectivity index (χ2v) is 6.89. The molecule has 4 heterocycles. The van der Waals surface area contributed by atoms with Crippen molar-refractivity contribution < 1.29 is 0 Å². The summed E-state index contributed by atoms with van der Waals surface area (Å²) in [7, 11) is 2.08. The van der Waals surface area contributed by atoms with Gasteiger partial charge in [-0.25, -0.2) is 4.98 Å². The molecule has 5 nitrogen and oxygen atoms in total. The number of fused-ring (bicyclic) bond motifs is 4. The summed E-state index contributed by atoms with van der Waals surface area (Å²) in [4.78, 5) is 18.6. The second-order valence-electron chi connectivity index (χ2n) is 6.89. The smallest absolute Gasteiger partial charge is 0.110 e. The molecule has 0 fully saturated rings. The van der Waals surface area contributed by atoms with Gasteiger partial charge >= 0.3 is 0 Å². The molecule has 5 heteroatoms. The Bertz CT molecular complexity index is 1300. The van der Waals surface area contributed by atoms with Crippen LogP contribution in [0.1, 0.15) is 17.1 Å². The van der Waals surface area contributed by atoms with E-state index in [4.69, 9.17) is 9.97 Å². The Hall–Kier alpha value is -3.34. The summed E-state index contributed by atoms with van der Waals surface area (Å²) in [6.45, 7) is 2.07. The Labute approximate surface area is 156 Å². The van der Waals surface area contributed by atoms with E-state index in [0.29, 0.717) is 0 Å². The van der Waals surface area contributed by atoms with Crippen LogP contribution in [0, 0.1) is 6.92 Å². The summed E-state index contributed by atoms with van der Waals surface area (Å²) >= 11 is 0. The quantitative estimate of drug-likeness (QED) is 0.489. The maximum absolute atomic E-state index is 4.92. The molecular weight excluding hydrogens is 334 g/mol. The Morgan fingerprint density at radius 1 is 0.815 bits per heavy atom. The van der Waals surface area contributed by atoms with Crippen LogP contribution >= 0.6 is 0 Å². The fourth-order valence-electron chi connectivity index (χ4n) is 3.65. The van der Waals surface area contributed by atoms with Crippen molar-refractivity contribution in [3.05, 3.63) is 71.9 Å². The molecule has 0 radical (unpaired) electrons. The van der Waals surface area contributed by atoms with Crippen molar-refractivity contribution in [1.29, 1.82) is 0 Å². The van der Waals surface area contributed by atoms with Crippen LogP contribution in [-0.2, 0) is 19.9 Å². The van der Waals surface area contributed by atoms with Crippen molar-refractivity contribution in [1.82, 2.24) is 24.5 Å². The average molecular weight is 353 g/mol. The van der Waals surface area contributed by atoms with Gasteiger partial charge in [0, 0.05) is 36.9 Å². The molecule has 27 heavy (non-hydrogen) atoms. The lowest BCUT2D eigenvalue weighted by Gasteiger charge is -2.05. The summed E-state index contributed by atoms with van der Waals surface area (Å²) in [6, 6.07) is 14.3. The fourth-order valence-corrected chi connectivity index (χ4v) is 3.65. The van der Waals surface area contributed by atoms with E-state index in [2.05, 4.69) is 58.8 Å². The zero-order valence-electron chi connectivity index (χ0n) is 15.3. The molecule has 4 aromatic heterocycles. The number of imidazole rings is 1. The highest BCUT2D eigenvalue weighted by Crippen LogP contribution is 2.24. The summed E-state index contributed by atoms with van der Waals surface area (Å²) in [5.74, 6) is 1.06. The lowest BCUT2D eigenvalue weighted by atomic mass is 10.1. The van der Waals surface area contributed by atoms with Gasteiger partial charge in [0.2, 0.25) is 0 Å². The number of aromatic nitrogens is 5. The summed E-state index contributed by atoms with van der Waals surface area (Å²) in [6.07, 6.45) is 5.33. The second kappa shape index (κ2) is 6.13. The first-order chi connectivity index (χ1) is 13.2. The molecule has 0 aliphatic carbocycles. The molecule has 132 valence electrons. The van der Waals surface area contributed by atoms with Gasteiger partial charge in [-0.3, -0.25) is 15.0 Å². The third-order valence-electron chi connectivity index (χ3n) is 5.17. The van der Waals surface area contributed by atoms with Crippen LogP contribution < -0.4 is 0 Å². The van der Waals surface area contributed by atoms with E-state index < -0.39 is 0 Å². The molecule has 0 unspecified atom stereocenters. The highest BCUT2D eigenvalue weighted by atomic mass is 15.1. The van der Waals surface area contributed by atoms with Crippen molar-refractivity contribution in [2.24, 2.45) is 7.05 Å². The highest BCUT2D eigenvalue weighted by Gasteiger charge is 2.12. The van der Waals surface area contributed by atoms with E-state index in [1.807, 2.05) is 24.5 Å². The molecule has 5 rings (SSSR count). The first-order valence-corrected chi connectivity index (χ1v) is 9.11. The number of pyridine rings is 3. The van der Waals surface area contributed by atoms with Crippen molar-refractivity contribution in [3.63, 3.8) is 0 Å². The molecule has 0 bridgehead atoms. The molecular formula is C22H19N5. The summed E-state index contributed by atoms with van der Waals surface area (Å²) < 4.78 is 2.18. The molecule has 1 aromatic carbocycles. The van der Waals surface area contributed by atoms with Crippen LogP contribution in [0.4, 0.5) is 0 Å². The predicted molar refractivity (Wildman–Crippen MR) is 108 cm³/mol. The molecule has 0 spiro atoms. The monoisotopic (exact) mass is 353 g/mol. The van der Waals surface area contributed by atoms with Gasteiger partial charge in [0.25, 0.3) is 0 Å². The minimum atomic E-state index is 0.838. The topological polar surface area (TPSA) is 56.5 Å². The number of rotatable bonds is 3. The Balaban J connectivity index is 1.51. The van der Waals surface area contributed by atoms with Gasteiger partial charge in [0.05, 0.1) is 27.6 Å². The van der Waals surface area contributed by atoms with E-state index in [0.717, 1.165) is 62.9 Å². The predicted octanol–water partition coefficient (Wildman–Crippen LogP) is 4.16. The molecule has 0 aliphatic heterocycles. The van der Waals surface area contributed by atoms with E-state index in [9.17, 15) is 0 Å². The minimum Gasteiger partial charge on any atom is -0.331 e. The largest absolute Gasteiger partial charge is 0.331 e. The van der Waals surface area contributed by atoms with Crippen molar-refractivity contribution >= 4 is 33.0 Å². The first kappa shape index (κ1) is 15.9. The van der Waals surface area contributed by atoms with Gasteiger partial charge in [-0.05, 0) is 61.4 Å². The normalized spacial score (nSPS) is 11.6. The highest BCUT2D eigenvalue weighted by molar-refractivity contribution is 6.02. The van der Waals surface area contributed by atoms with Crippen LogP contribution in [0.5, 0.6) is 0 Å². The van der Waals surface area contributed by atoms with E-state index >= 15 is 0 Å². The third-order valence-corrected chi connectivity index (χ3v) is 5.17. The van der Waals surface area contributed by atoms with Crippen molar-refractivity contribution in [2.75, 3.05) is 0 Å². The van der Waals surface area contributed by atoms with Crippen molar-refractivity contribution in [3.8, 4) is 0 Å². The number of hydrogen-bond acceptors (Lipinski definition) is 4. The van der Waals surface area contributed by atoms with Crippen LogP contribution in [-0.4, -0.2) is 24.5 Å². The van der Waals surface area contributed by atoms with Crippen LogP contribution in [0.25, 0.3) is 33.0 Å². The van der Waals surface area contributed by atoms with Gasteiger partial charge in [-0.1, -0.05) is 0 Å². The van der Waals surface area contributed by atoms with Crippen LogP contribution in [0.3, 0.4) is 0 Å². The third kappa shape index (κ3) is 2.63. The number of aryl methyl sites for hydroxylation is 4. The Morgan fingerprint density at radius 2 is 1.67 bits per heavy atom. The van der Waals surface area contributed by atoms with Crippen LogP contribution in [0.15, 0.2) is 54.9 Å². The van der Waals surface area contributed by atoms with E-state index in [1.165, 1.54) is 0 Å². The number of benzene rings is 1. The Kier molecular flexibility index (Phi) is 3.60. The van der Waals surface area contributed by atoms with Crippen LogP contribution in [0.2, 0.25) is 0 Å². The van der Waals surface area contributed by atoms with Gasteiger partial charge in [0.15, 0.2) is 0 Å². The lowest BCUT2D eigenvalue weighted by Crippen LogP contribution is -2.02. The minimum absolute atomic E-state index is 0.838. The molecule has 0 saturated carbocycles. The first-order valence-electron chi connectivity index (χ1n) is 9.11. The van der Waals surface area contributed by atoms with E-state index in [1.54, 1.807) is 0 Å². The molecule has 0 atom stereocenters. The lowest BCUT2D eigenvalue weighted by molar-refractivity contribution is 0.777. The molecule has 0 N–H and O–H groups in total. The molecule has 0 saturated heterocycles.